The van der Waals surface area contributed by atoms with Crippen LogP contribution >= 0.6 is 23.2 Å². The number of fused-ring (bicyclic) bond motifs is 2. The highest BCUT2D eigenvalue weighted by Crippen LogP contribution is 2.53. The molecule has 2 fully saturated rings. The number of hydrogen-bond donors (Lipinski definition) is 1. The van der Waals surface area contributed by atoms with Gasteiger partial charge in [0, 0.05) is 29.2 Å². The number of halogens is 2. The van der Waals surface area contributed by atoms with Crippen LogP contribution in [0.3, 0.4) is 0 Å². The van der Waals surface area contributed by atoms with Crippen molar-refractivity contribution in [3.8, 4) is 0 Å². The van der Waals surface area contributed by atoms with Crippen molar-refractivity contribution in [3.05, 3.63) is 63.6 Å². The molecule has 7 nitrogen and oxygen atoms in total. The highest BCUT2D eigenvalue weighted by molar-refractivity contribution is 7.89. The van der Waals surface area contributed by atoms with Gasteiger partial charge in [-0.3, -0.25) is 4.79 Å². The summed E-state index contributed by atoms with van der Waals surface area (Å²) in [4.78, 5) is 24.8. The molecule has 1 aliphatic carbocycles. The number of carbonyl (C=O) groups excluding carboxylic acids is 2. The Balaban J connectivity index is 1.39. The Morgan fingerprint density at radius 2 is 1.86 bits per heavy atom. The van der Waals surface area contributed by atoms with Crippen molar-refractivity contribution < 1.29 is 22.7 Å². The normalized spacial score (nSPS) is 23.3. The largest absolute Gasteiger partial charge is 0.452 e. The van der Waals surface area contributed by atoms with E-state index in [4.69, 9.17) is 27.9 Å². The summed E-state index contributed by atoms with van der Waals surface area (Å²) in [6.07, 6.45) is 2.62. The number of benzene rings is 2. The van der Waals surface area contributed by atoms with Gasteiger partial charge in [0.15, 0.2) is 6.61 Å². The molecule has 2 atom stereocenters. The van der Waals surface area contributed by atoms with Crippen molar-refractivity contribution in [2.75, 3.05) is 13.2 Å². The van der Waals surface area contributed by atoms with Gasteiger partial charge in [-0.2, -0.15) is 4.31 Å². The summed E-state index contributed by atoms with van der Waals surface area (Å²) in [6, 6.07) is 10.7. The van der Waals surface area contributed by atoms with E-state index >= 15 is 0 Å². The number of nitrogens with one attached hydrogen (secondary N) is 1. The molecule has 1 saturated carbocycles. The Bertz CT molecular complexity index is 1300. The zero-order chi connectivity index (χ0) is 26.3. The summed E-state index contributed by atoms with van der Waals surface area (Å²) in [6.45, 7) is 6.62. The second-order valence-corrected chi connectivity index (χ2v) is 13.6. The molecule has 0 spiro atoms. The average Bonchev–Trinajstić information content (AvgIpc) is 3.06. The van der Waals surface area contributed by atoms with E-state index in [1.165, 1.54) is 24.3 Å². The van der Waals surface area contributed by atoms with Gasteiger partial charge in [-0.1, -0.05) is 56.1 Å². The van der Waals surface area contributed by atoms with Gasteiger partial charge >= 0.3 is 5.97 Å². The fourth-order valence-corrected chi connectivity index (χ4v) is 8.03. The van der Waals surface area contributed by atoms with E-state index in [1.54, 1.807) is 22.5 Å². The quantitative estimate of drug-likeness (QED) is 0.485. The molecule has 2 aromatic carbocycles. The van der Waals surface area contributed by atoms with E-state index in [1.807, 2.05) is 0 Å². The summed E-state index contributed by atoms with van der Waals surface area (Å²) < 4.78 is 33.8. The smallest absolute Gasteiger partial charge is 0.338 e. The minimum atomic E-state index is -3.79. The van der Waals surface area contributed by atoms with Gasteiger partial charge in [-0.25, -0.2) is 13.2 Å². The van der Waals surface area contributed by atoms with Crippen LogP contribution in [0.1, 0.15) is 56.0 Å². The Hall–Kier alpha value is -2.13. The molecule has 2 bridgehead atoms. The van der Waals surface area contributed by atoms with Crippen LogP contribution in [0.4, 0.5) is 0 Å². The zero-order valence-electron chi connectivity index (χ0n) is 20.5. The molecule has 0 radical (unpaired) electrons. The highest BCUT2D eigenvalue weighted by Gasteiger charge is 2.53. The van der Waals surface area contributed by atoms with Crippen LogP contribution in [-0.4, -0.2) is 43.8 Å². The van der Waals surface area contributed by atoms with E-state index in [0.717, 1.165) is 19.3 Å². The highest BCUT2D eigenvalue weighted by atomic mass is 35.5. The molecule has 2 aliphatic rings. The van der Waals surface area contributed by atoms with Gasteiger partial charge < -0.3 is 10.1 Å². The first kappa shape index (κ1) is 26.9. The maximum Gasteiger partial charge on any atom is 0.338 e. The number of sulfonamides is 1. The molecule has 194 valence electrons. The third-order valence-corrected chi connectivity index (χ3v) is 9.35. The number of nitrogens with zero attached hydrogens (tertiary/aromatic N) is 1. The molecular formula is C26H30Cl2N2O5S. The molecule has 10 heteroatoms. The lowest BCUT2D eigenvalue weighted by Gasteiger charge is -2.39. The maximum atomic E-state index is 13.5. The summed E-state index contributed by atoms with van der Waals surface area (Å²) in [5.74, 6) is -1.29. The second kappa shape index (κ2) is 9.97. The first-order valence-electron chi connectivity index (χ1n) is 11.8. The molecule has 1 N–H and O–H groups in total. The summed E-state index contributed by atoms with van der Waals surface area (Å²) >= 11 is 12.0. The summed E-state index contributed by atoms with van der Waals surface area (Å²) in [5.41, 5.74) is 0.757. The maximum absolute atomic E-state index is 13.5. The molecular weight excluding hydrogens is 523 g/mol. The van der Waals surface area contributed by atoms with Gasteiger partial charge in [-0.15, -0.1) is 0 Å². The van der Waals surface area contributed by atoms with E-state index in [2.05, 4.69) is 26.1 Å². The minimum absolute atomic E-state index is 0.0488. The van der Waals surface area contributed by atoms with E-state index in [0.29, 0.717) is 22.2 Å². The second-order valence-electron chi connectivity index (χ2n) is 10.9. The van der Waals surface area contributed by atoms with E-state index in [-0.39, 0.29) is 33.9 Å². The van der Waals surface area contributed by atoms with Crippen molar-refractivity contribution >= 4 is 45.1 Å². The molecule has 2 unspecified atom stereocenters. The first-order valence-corrected chi connectivity index (χ1v) is 14.0. The average molecular weight is 554 g/mol. The third kappa shape index (κ3) is 5.88. The monoisotopic (exact) mass is 552 g/mol. The fraction of sp³-hybridized carbons (Fsp3) is 0.462. The number of rotatable bonds is 7. The van der Waals surface area contributed by atoms with Crippen LogP contribution in [0, 0.1) is 10.8 Å². The third-order valence-electron chi connectivity index (χ3n) is 6.87. The van der Waals surface area contributed by atoms with Crippen LogP contribution in [0.15, 0.2) is 47.4 Å². The van der Waals surface area contributed by atoms with Crippen molar-refractivity contribution in [1.82, 2.24) is 9.62 Å². The van der Waals surface area contributed by atoms with Crippen molar-refractivity contribution in [3.63, 3.8) is 0 Å². The lowest BCUT2D eigenvalue weighted by Crippen LogP contribution is -2.37. The molecule has 1 aliphatic heterocycles. The molecule has 2 aromatic rings. The van der Waals surface area contributed by atoms with Crippen LogP contribution in [0.25, 0.3) is 0 Å². The van der Waals surface area contributed by atoms with Crippen molar-refractivity contribution in [2.24, 2.45) is 10.8 Å². The molecule has 4 rings (SSSR count). The van der Waals surface area contributed by atoms with Crippen LogP contribution in [-0.2, 0) is 26.1 Å². The standard InChI is InChI=1S/C26H30Cl2N2O5S/c1-25(2)11-20-12-26(3,15-25)16-30(20)36(33,34)21-6-4-5-17(9-21)24(32)35-14-23(31)29-13-18-7-8-19(27)10-22(18)28/h4-10,20H,11-16H2,1-3H3,(H,29,31). The predicted octanol–water partition coefficient (Wildman–Crippen LogP) is 5.06. The Kier molecular flexibility index (Phi) is 7.45. The van der Waals surface area contributed by atoms with Gasteiger partial charge in [0.05, 0.1) is 10.5 Å². The number of ether oxygens (including phenoxy) is 1. The molecule has 1 saturated heterocycles. The first-order chi connectivity index (χ1) is 16.8. The van der Waals surface area contributed by atoms with E-state index < -0.39 is 28.5 Å². The molecule has 1 amide bonds. The van der Waals surface area contributed by atoms with Crippen molar-refractivity contribution in [2.45, 2.75) is 57.5 Å². The van der Waals surface area contributed by atoms with Crippen molar-refractivity contribution in [1.29, 1.82) is 0 Å². The topological polar surface area (TPSA) is 92.8 Å². The molecule has 36 heavy (non-hydrogen) atoms. The Morgan fingerprint density at radius 3 is 2.58 bits per heavy atom. The van der Waals surface area contributed by atoms with Gasteiger partial charge in [0.2, 0.25) is 10.0 Å². The number of carbonyl (C=O) groups is 2. The molecule has 1 heterocycles. The van der Waals surface area contributed by atoms with Crippen LogP contribution in [0.5, 0.6) is 0 Å². The lowest BCUT2D eigenvalue weighted by atomic mass is 9.65. The van der Waals surface area contributed by atoms with Gasteiger partial charge in [0.25, 0.3) is 5.91 Å². The molecule has 0 aromatic heterocycles. The van der Waals surface area contributed by atoms with Crippen LogP contribution < -0.4 is 5.32 Å². The van der Waals surface area contributed by atoms with Gasteiger partial charge in [-0.05, 0) is 66.0 Å². The number of esters is 1. The Morgan fingerprint density at radius 1 is 1.11 bits per heavy atom. The van der Waals surface area contributed by atoms with E-state index in [9.17, 15) is 18.0 Å². The Labute approximate surface area is 222 Å². The SMILES string of the molecule is CC1(C)CC2CC(C)(CN2S(=O)(=O)c2cccc(C(=O)OCC(=O)NCc3ccc(Cl)cc3Cl)c2)C1. The zero-order valence-corrected chi connectivity index (χ0v) is 22.8. The lowest BCUT2D eigenvalue weighted by molar-refractivity contribution is -0.124. The number of hydrogen-bond acceptors (Lipinski definition) is 5. The summed E-state index contributed by atoms with van der Waals surface area (Å²) in [5, 5.41) is 3.52. The summed E-state index contributed by atoms with van der Waals surface area (Å²) in [7, 11) is -3.79. The number of amides is 1. The van der Waals surface area contributed by atoms with Gasteiger partial charge in [0.1, 0.15) is 0 Å². The van der Waals surface area contributed by atoms with Crippen LogP contribution in [0.2, 0.25) is 10.0 Å². The fourth-order valence-electron chi connectivity index (χ4n) is 5.73. The predicted molar refractivity (Wildman–Crippen MR) is 138 cm³/mol. The minimum Gasteiger partial charge on any atom is -0.452 e.